The summed E-state index contributed by atoms with van der Waals surface area (Å²) in [7, 11) is 3.88. The minimum atomic E-state index is -4.57. The van der Waals surface area contributed by atoms with Crippen molar-refractivity contribution in [3.8, 4) is 33.2 Å². The number of anilines is 3. The summed E-state index contributed by atoms with van der Waals surface area (Å²) >= 11 is 1.58. The maximum atomic E-state index is 13.3. The first-order valence-corrected chi connectivity index (χ1v) is 13.0. The molecule has 2 N–H and O–H groups in total. The minimum Gasteiger partial charge on any atom is -0.439 e. The first kappa shape index (κ1) is 27.6. The summed E-state index contributed by atoms with van der Waals surface area (Å²) in [6, 6.07) is 16.4. The number of benzene rings is 2. The molecule has 8 nitrogen and oxygen atoms in total. The van der Waals surface area contributed by atoms with Gasteiger partial charge in [0.15, 0.2) is 5.13 Å². The summed E-state index contributed by atoms with van der Waals surface area (Å²) in [5, 5.41) is 6.00. The molecule has 3 heterocycles. The third-order valence-corrected chi connectivity index (χ3v) is 7.01. The number of amides is 2. The fourth-order valence-electron chi connectivity index (χ4n) is 3.81. The highest BCUT2D eigenvalue weighted by Crippen LogP contribution is 2.36. The minimum absolute atomic E-state index is 0.0158. The zero-order chi connectivity index (χ0) is 29.0. The second kappa shape index (κ2) is 11.6. The topological polar surface area (TPSA) is 92.3 Å². The summed E-state index contributed by atoms with van der Waals surface area (Å²) in [5.74, 6) is 0.873. The third-order valence-electron chi connectivity index (χ3n) is 5.80. The van der Waals surface area contributed by atoms with E-state index in [2.05, 4.69) is 25.6 Å². The van der Waals surface area contributed by atoms with Crippen molar-refractivity contribution in [1.82, 2.24) is 15.0 Å². The number of halogens is 3. The molecule has 0 unspecified atom stereocenters. The Morgan fingerprint density at radius 3 is 2.34 bits per heavy atom. The summed E-state index contributed by atoms with van der Waals surface area (Å²) < 4.78 is 45.8. The molecule has 0 fully saturated rings. The van der Waals surface area contributed by atoms with E-state index in [4.69, 9.17) is 4.74 Å². The van der Waals surface area contributed by atoms with Crippen molar-refractivity contribution in [3.05, 3.63) is 97.1 Å². The van der Waals surface area contributed by atoms with Crippen LogP contribution in [-0.4, -0.2) is 35.1 Å². The van der Waals surface area contributed by atoms with E-state index < -0.39 is 17.8 Å². The quantitative estimate of drug-likeness (QED) is 0.206. The Kier molecular flexibility index (Phi) is 7.83. The molecule has 2 aromatic carbocycles. The fraction of sp³-hybridized carbons (Fsp3) is 0.103. The van der Waals surface area contributed by atoms with Gasteiger partial charge in [-0.05, 0) is 54.1 Å². The zero-order valence-corrected chi connectivity index (χ0v) is 22.6. The molecular weight excluding hydrogens is 553 g/mol. The largest absolute Gasteiger partial charge is 0.439 e. The summed E-state index contributed by atoms with van der Waals surface area (Å²) in [6.45, 7) is 0. The smallest absolute Gasteiger partial charge is 0.416 e. The Hall–Kier alpha value is -4.97. The molecule has 0 radical (unpaired) electrons. The molecule has 0 aliphatic carbocycles. The van der Waals surface area contributed by atoms with Gasteiger partial charge in [0.1, 0.15) is 5.75 Å². The Labute approximate surface area is 237 Å². The predicted octanol–water partition coefficient (Wildman–Crippen LogP) is 7.79. The van der Waals surface area contributed by atoms with Crippen LogP contribution in [0.15, 0.2) is 91.5 Å². The van der Waals surface area contributed by atoms with Gasteiger partial charge in [0.25, 0.3) is 0 Å². The Morgan fingerprint density at radius 1 is 0.902 bits per heavy atom. The van der Waals surface area contributed by atoms with Crippen LogP contribution in [0.4, 0.5) is 34.5 Å². The molecule has 0 saturated heterocycles. The molecule has 0 aliphatic heterocycles. The predicted molar refractivity (Wildman–Crippen MR) is 154 cm³/mol. The first-order valence-electron chi connectivity index (χ1n) is 12.2. The number of thiazole rings is 1. The average Bonchev–Trinajstić information content (AvgIpc) is 3.45. The number of rotatable bonds is 7. The van der Waals surface area contributed by atoms with E-state index in [1.54, 1.807) is 41.8 Å². The van der Waals surface area contributed by atoms with Gasteiger partial charge in [-0.25, -0.2) is 14.8 Å². The second-order valence-corrected chi connectivity index (χ2v) is 10.0. The van der Waals surface area contributed by atoms with Crippen LogP contribution in [0.5, 0.6) is 11.6 Å². The van der Waals surface area contributed by atoms with E-state index in [9.17, 15) is 18.0 Å². The number of hydrogen-bond donors (Lipinski definition) is 2. The molecular formula is C29H23F3N6O2S. The molecule has 12 heteroatoms. The molecule has 41 heavy (non-hydrogen) atoms. The number of carbonyl (C=O) groups excluding carboxylic acids is 1. The lowest BCUT2D eigenvalue weighted by Crippen LogP contribution is -2.20. The Balaban J connectivity index is 1.24. The molecule has 3 aromatic heterocycles. The molecule has 2 amide bonds. The van der Waals surface area contributed by atoms with Crippen molar-refractivity contribution in [2.75, 3.05) is 29.6 Å². The van der Waals surface area contributed by atoms with Gasteiger partial charge in [0.05, 0.1) is 28.0 Å². The lowest BCUT2D eigenvalue weighted by Gasteiger charge is -2.15. The summed E-state index contributed by atoms with van der Waals surface area (Å²) in [6.07, 6.45) is 1.69. The zero-order valence-electron chi connectivity index (χ0n) is 21.8. The third kappa shape index (κ3) is 6.79. The van der Waals surface area contributed by atoms with E-state index in [0.717, 1.165) is 27.7 Å². The number of hydrogen-bond acceptors (Lipinski definition) is 7. The van der Waals surface area contributed by atoms with Gasteiger partial charge >= 0.3 is 12.2 Å². The summed E-state index contributed by atoms with van der Waals surface area (Å²) in [4.78, 5) is 28.3. The Morgan fingerprint density at radius 2 is 1.71 bits per heavy atom. The van der Waals surface area contributed by atoms with Crippen molar-refractivity contribution >= 4 is 33.9 Å². The van der Waals surface area contributed by atoms with Crippen molar-refractivity contribution in [2.45, 2.75) is 6.18 Å². The van der Waals surface area contributed by atoms with E-state index in [0.29, 0.717) is 28.4 Å². The van der Waals surface area contributed by atoms with Crippen LogP contribution >= 0.6 is 11.3 Å². The van der Waals surface area contributed by atoms with E-state index in [-0.39, 0.29) is 5.69 Å². The van der Waals surface area contributed by atoms with Crippen molar-refractivity contribution in [3.63, 3.8) is 0 Å². The van der Waals surface area contributed by atoms with Crippen molar-refractivity contribution < 1.29 is 22.7 Å². The van der Waals surface area contributed by atoms with E-state index in [1.165, 1.54) is 18.5 Å². The highest BCUT2D eigenvalue weighted by Gasteiger charge is 2.31. The second-order valence-electron chi connectivity index (χ2n) is 8.99. The lowest BCUT2D eigenvalue weighted by atomic mass is 10.0. The number of ether oxygens (including phenoxy) is 1. The van der Waals surface area contributed by atoms with Gasteiger partial charge in [0, 0.05) is 49.9 Å². The molecule has 5 aromatic rings. The number of pyridine rings is 2. The normalized spacial score (nSPS) is 11.1. The fourth-order valence-corrected chi connectivity index (χ4v) is 4.65. The van der Waals surface area contributed by atoms with Crippen LogP contribution in [0.2, 0.25) is 0 Å². The average molecular weight is 577 g/mol. The van der Waals surface area contributed by atoms with Crippen LogP contribution in [0, 0.1) is 0 Å². The molecule has 0 spiro atoms. The van der Waals surface area contributed by atoms with Crippen molar-refractivity contribution in [2.24, 2.45) is 0 Å². The molecule has 0 bridgehead atoms. The van der Waals surface area contributed by atoms with Crippen LogP contribution < -0.4 is 20.3 Å². The highest BCUT2D eigenvalue weighted by atomic mass is 32.1. The SMILES string of the molecule is CN(C)c1ncc(-c2ccc(Oc3ccc(NC(=O)Nc4cc(C(F)(F)F)ccc4-c4cccnc4)cn3)cc2)s1. The number of urea groups is 1. The lowest BCUT2D eigenvalue weighted by molar-refractivity contribution is -0.137. The molecule has 0 atom stereocenters. The van der Waals surface area contributed by atoms with Crippen molar-refractivity contribution in [1.29, 1.82) is 0 Å². The maximum absolute atomic E-state index is 13.3. The van der Waals surface area contributed by atoms with Crippen LogP contribution in [0.1, 0.15) is 5.56 Å². The number of alkyl halides is 3. The number of nitrogens with one attached hydrogen (secondary N) is 2. The Bertz CT molecular complexity index is 1640. The first-order chi connectivity index (χ1) is 19.7. The highest BCUT2D eigenvalue weighted by molar-refractivity contribution is 7.18. The molecule has 0 aliphatic rings. The summed E-state index contributed by atoms with van der Waals surface area (Å²) in [5.41, 5.74) is 1.37. The van der Waals surface area contributed by atoms with E-state index in [1.807, 2.05) is 49.5 Å². The van der Waals surface area contributed by atoms with Gasteiger partial charge in [-0.15, -0.1) is 0 Å². The monoisotopic (exact) mass is 576 g/mol. The molecule has 5 rings (SSSR count). The number of aromatic nitrogens is 3. The van der Waals surface area contributed by atoms with Crippen LogP contribution in [-0.2, 0) is 6.18 Å². The maximum Gasteiger partial charge on any atom is 0.416 e. The molecule has 208 valence electrons. The van der Waals surface area contributed by atoms with Gasteiger partial charge < -0.3 is 20.3 Å². The standard InChI is InChI=1S/C29H23F3N6O2S/c1-38(2)28-35-17-25(41-28)18-5-9-22(10-6-18)40-26-12-8-21(16-34-26)36-27(39)37-24-14-20(29(30,31)32)7-11-23(24)19-4-3-13-33-15-19/h3-17H,1-2H3,(H2,36,37,39). The van der Waals surface area contributed by atoms with Gasteiger partial charge in [-0.3, -0.25) is 4.98 Å². The number of carbonyl (C=O) groups is 1. The van der Waals surface area contributed by atoms with Crippen LogP contribution in [0.25, 0.3) is 21.6 Å². The molecule has 0 saturated carbocycles. The van der Waals surface area contributed by atoms with Crippen LogP contribution in [0.3, 0.4) is 0 Å². The van der Waals surface area contributed by atoms with E-state index >= 15 is 0 Å². The number of nitrogens with zero attached hydrogens (tertiary/aromatic N) is 4. The van der Waals surface area contributed by atoms with Gasteiger partial charge in [0.2, 0.25) is 5.88 Å². The van der Waals surface area contributed by atoms with Gasteiger partial charge in [-0.1, -0.05) is 23.5 Å². The van der Waals surface area contributed by atoms with Gasteiger partial charge in [-0.2, -0.15) is 13.2 Å².